The summed E-state index contributed by atoms with van der Waals surface area (Å²) in [5.41, 5.74) is -14.7. The Balaban J connectivity index is 0.000000184. The predicted octanol–water partition coefficient (Wildman–Crippen LogP) is 2.98. The molecule has 23 atom stereocenters. The Morgan fingerprint density at radius 2 is 0.800 bits per heavy atom. The molecule has 110 heavy (non-hydrogen) atoms. The summed E-state index contributed by atoms with van der Waals surface area (Å²) >= 11 is 5.39. The SMILES string of the molecule is C=C1O[C@@H](N2C=CC(=O)CC2=O)[C@](C)(F)[C@@H]1O.C[C@@]1(F)[C@H](O)[C@@H](CI)O[C@H]1N1C=CC(=O)CC1=O.C[C@@]1(F)[C@H](O)[C@@H](CO)O[C@H]1N1C=CC(=O)CC1=O.C[C@H]1[C@@](C)(F)[C@H](N2C=CC(=O)CC2=O)O[C@]1(F)CI.C[C@H]1[C@@](C)(F)[C@H](n2ccc(=O)[nH]c2=O)O[C@]1(F)CO.C[C@]1(F)[C@H](N2C=CC(=O)CC2=O)O[C@](F)(CI)[C@H]1O. The highest BCUT2D eigenvalue weighted by Gasteiger charge is 2.67. The number of H-pyrrole nitrogens is 1. The number of allylic oxidation sites excluding steroid dienone is 5. The molecule has 11 aliphatic rings. The van der Waals surface area contributed by atoms with Crippen LogP contribution in [0.5, 0.6) is 0 Å². The largest absolute Gasteiger partial charge is 0.469 e. The lowest BCUT2D eigenvalue weighted by molar-refractivity contribution is -0.193. The van der Waals surface area contributed by atoms with Crippen molar-refractivity contribution >= 4 is 126 Å². The van der Waals surface area contributed by atoms with Crippen LogP contribution in [0.1, 0.15) is 93.7 Å². The third-order valence-corrected chi connectivity index (χ3v) is 22.7. The van der Waals surface area contributed by atoms with Gasteiger partial charge in [-0.15, -0.1) is 0 Å². The molecule has 1 aromatic heterocycles. The molecule has 31 nitrogen and oxygen atoms in total. The number of halogens is 12. The fraction of sp³-hybridized carbons (Fsp3) is 0.612. The van der Waals surface area contributed by atoms with Crippen molar-refractivity contribution in [2.75, 3.05) is 26.5 Å². The second-order valence-electron chi connectivity index (χ2n) is 27.9. The fourth-order valence-electron chi connectivity index (χ4n) is 12.6. The van der Waals surface area contributed by atoms with Crippen LogP contribution in [0.4, 0.5) is 39.5 Å². The van der Waals surface area contributed by atoms with Crippen molar-refractivity contribution < 1.29 is 147 Å². The molecule has 0 aliphatic carbocycles. The van der Waals surface area contributed by atoms with E-state index in [4.69, 9.17) is 38.6 Å². The van der Waals surface area contributed by atoms with Gasteiger partial charge in [0.15, 0.2) is 100 Å². The highest BCUT2D eigenvalue weighted by atomic mass is 127. The number of carbonyl (C=O) groups is 10. The zero-order valence-corrected chi connectivity index (χ0v) is 66.0. The summed E-state index contributed by atoms with van der Waals surface area (Å²) < 4.78 is 161. The number of alkyl halides is 12. The molecule has 0 bridgehead atoms. The number of aliphatic hydroxyl groups is 6. The molecule has 43 heteroatoms. The van der Waals surface area contributed by atoms with E-state index in [9.17, 15) is 117 Å². The van der Waals surface area contributed by atoms with Crippen LogP contribution >= 0.6 is 67.8 Å². The Morgan fingerprint density at radius 1 is 0.464 bits per heavy atom. The first-order valence-corrected chi connectivity index (χ1v) is 37.8. The Hall–Kier alpha value is -6.26. The van der Waals surface area contributed by atoms with Gasteiger partial charge in [0.25, 0.3) is 5.56 Å². The first-order valence-electron chi connectivity index (χ1n) is 33.2. The highest BCUT2D eigenvalue weighted by molar-refractivity contribution is 14.1. The maximum Gasteiger partial charge on any atom is 0.330 e. The Bertz CT molecular complexity index is 3890. The van der Waals surface area contributed by atoms with Gasteiger partial charge in [-0.2, -0.15) is 0 Å². The lowest BCUT2D eigenvalue weighted by atomic mass is 9.88. The number of aliphatic hydroxyl groups excluding tert-OH is 6. The Kier molecular flexibility index (Phi) is 28.5. The van der Waals surface area contributed by atoms with Crippen molar-refractivity contribution in [2.24, 2.45) is 11.8 Å². The zero-order chi connectivity index (χ0) is 83.1. The van der Waals surface area contributed by atoms with E-state index in [0.717, 1.165) is 93.6 Å². The van der Waals surface area contributed by atoms with E-state index in [-0.39, 0.29) is 63.4 Å². The fourth-order valence-corrected chi connectivity index (χ4v) is 14.7. The van der Waals surface area contributed by atoms with Crippen LogP contribution in [0.3, 0.4) is 0 Å². The van der Waals surface area contributed by atoms with Gasteiger partial charge in [0.1, 0.15) is 36.8 Å². The third kappa shape index (κ3) is 18.3. The summed E-state index contributed by atoms with van der Waals surface area (Å²) in [7, 11) is 0. The van der Waals surface area contributed by atoms with Gasteiger partial charge < -0.3 is 59.1 Å². The average molecular weight is 1920 g/mol. The second-order valence-corrected chi connectivity index (χ2v) is 30.3. The average Bonchev–Trinajstić information content (AvgIpc) is 1.60. The summed E-state index contributed by atoms with van der Waals surface area (Å²) in [6.45, 7) is 11.1. The molecule has 6 fully saturated rings. The lowest BCUT2D eigenvalue weighted by Gasteiger charge is -2.33. The Morgan fingerprint density at radius 3 is 1.10 bits per heavy atom. The third-order valence-electron chi connectivity index (χ3n) is 19.8. The number of amides is 5. The van der Waals surface area contributed by atoms with Crippen LogP contribution < -0.4 is 11.2 Å². The summed E-state index contributed by atoms with van der Waals surface area (Å²) in [6.07, 6.45) is -5.58. The topological polar surface area (TPSA) is 419 Å². The number of rotatable bonds is 11. The van der Waals surface area contributed by atoms with Crippen molar-refractivity contribution in [3.05, 3.63) is 107 Å². The first-order chi connectivity index (χ1) is 50.7. The van der Waals surface area contributed by atoms with Crippen molar-refractivity contribution in [3.8, 4) is 0 Å². The van der Waals surface area contributed by atoms with Gasteiger partial charge in [-0.1, -0.05) is 88.2 Å². The number of ether oxygens (including phenoxy) is 6. The number of aromatic amines is 1. The van der Waals surface area contributed by atoms with E-state index >= 15 is 0 Å². The number of ketones is 5. The molecule has 0 spiro atoms. The summed E-state index contributed by atoms with van der Waals surface area (Å²) in [5, 5.41) is 56.7. The van der Waals surface area contributed by atoms with E-state index in [1.165, 1.54) is 64.5 Å². The number of carbonyl (C=O) groups excluding carboxylic acids is 10. The Labute approximate surface area is 660 Å². The number of nitrogens with zero attached hydrogens (tertiary/aromatic N) is 6. The maximum absolute atomic E-state index is 14.7. The van der Waals surface area contributed by atoms with E-state index in [2.05, 4.69) is 6.58 Å². The van der Waals surface area contributed by atoms with Crippen molar-refractivity contribution in [2.45, 2.75) is 213 Å². The molecule has 5 amide bonds. The van der Waals surface area contributed by atoms with Gasteiger partial charge >= 0.3 is 5.69 Å². The molecule has 12 rings (SSSR count). The van der Waals surface area contributed by atoms with Crippen LogP contribution in [-0.4, -0.2) is 269 Å². The molecular weight excluding hydrogens is 1840 g/mol. The van der Waals surface area contributed by atoms with Gasteiger partial charge in [-0.05, 0) is 71.9 Å². The summed E-state index contributed by atoms with van der Waals surface area (Å²) in [5.74, 6) is -14.4. The predicted molar refractivity (Wildman–Crippen MR) is 382 cm³/mol. The van der Waals surface area contributed by atoms with Gasteiger partial charge in [-0.3, -0.25) is 86.8 Å². The smallest absolute Gasteiger partial charge is 0.330 e. The van der Waals surface area contributed by atoms with Gasteiger partial charge in [0, 0.05) is 47.7 Å². The second kappa shape index (κ2) is 34.4. The minimum absolute atomic E-state index is 0.0351. The number of hydrogen-bond acceptors (Lipinski definition) is 24. The molecule has 6 saturated heterocycles. The molecule has 0 saturated carbocycles. The normalized spacial score (nSPS) is 40.7. The molecule has 1 aromatic rings. The number of aromatic nitrogens is 2. The monoisotopic (exact) mass is 1920 g/mol. The maximum atomic E-state index is 14.7. The van der Waals surface area contributed by atoms with E-state index in [0.29, 0.717) is 4.43 Å². The summed E-state index contributed by atoms with van der Waals surface area (Å²) in [6, 6.07) is 1.00. The van der Waals surface area contributed by atoms with E-state index in [1.54, 1.807) is 45.2 Å². The standard InChI is InChI=1S/C12H14F2INO3.C11H12F2INO4.C11H14F2N2O4.C11H13FINO4.C11H14FNO5.C11H12FNO4/c1-7-11(2,13)10(19-12(7,14)6-15)16-4-3-8(17)5-9(16)18;1-10(12)8(18)11(13,5-14)19-9(10)15-3-2-6(16)4-7(15)17;1-6-10(2,12)8(19-11(6,13)5-16)15-4-3-7(17)14-9(15)18;1-11(12)9(17)7(5-13)18-10(11)14-3-2-6(15)4-8(14)16;1-11(12)9(17)7(5-14)18-10(11)13-3-2-6(15)4-8(13)16;1-6-9(16)11(2,12)10(17-6)13-4-3-7(14)5-8(13)15/h3-4,7,10H,5-6H2,1-2H3;2-3,8-9,18H,4-5H2,1H3;3-4,6,8,16H,5H2,1-2H3,(H,14,17,18);2-3,7,9-10,17H,4-5H2,1H3;2-3,7,9-10,14,17H,4-5H2,1H3;3-4,9-10,16H,1,5H2,2H3/t7-,10+,11+,12+;8-,9+,10+,11+;6-,8+,10+,11+;2*7-,9-,10-,11-;9-,10-,11-/m000111/s1. The van der Waals surface area contributed by atoms with Crippen LogP contribution in [-0.2, 0) is 76.4 Å². The quantitative estimate of drug-likeness (QED) is 0.0724. The van der Waals surface area contributed by atoms with E-state index in [1.807, 2.05) is 27.6 Å². The van der Waals surface area contributed by atoms with Gasteiger partial charge in [0.05, 0.1) is 65.5 Å². The molecule has 7 N–H and O–H groups in total. The molecule has 12 heterocycles. The molecule has 610 valence electrons. The van der Waals surface area contributed by atoms with Crippen LogP contribution in [0.2, 0.25) is 0 Å². The molecule has 0 aromatic carbocycles. The first kappa shape index (κ1) is 90.9. The van der Waals surface area contributed by atoms with Gasteiger partial charge in [0.2, 0.25) is 53.3 Å². The summed E-state index contributed by atoms with van der Waals surface area (Å²) in [4.78, 5) is 143. The zero-order valence-electron chi connectivity index (χ0n) is 59.5. The van der Waals surface area contributed by atoms with Crippen LogP contribution in [0.15, 0.2) is 95.6 Å². The van der Waals surface area contributed by atoms with Crippen molar-refractivity contribution in [1.29, 1.82) is 0 Å². The number of nitrogens with one attached hydrogen (secondary N) is 1. The minimum Gasteiger partial charge on any atom is -0.469 e. The van der Waals surface area contributed by atoms with E-state index < -0.39 is 204 Å². The van der Waals surface area contributed by atoms with Gasteiger partial charge in [-0.25, -0.2) is 44.3 Å². The lowest BCUT2D eigenvalue weighted by Crippen LogP contribution is -2.51. The van der Waals surface area contributed by atoms with Crippen molar-refractivity contribution in [1.82, 2.24) is 34.1 Å². The van der Waals surface area contributed by atoms with Crippen LogP contribution in [0, 0.1) is 11.8 Å². The van der Waals surface area contributed by atoms with Crippen LogP contribution in [0.25, 0.3) is 0 Å². The minimum atomic E-state index is -2.58. The van der Waals surface area contributed by atoms with Crippen molar-refractivity contribution in [3.63, 3.8) is 0 Å². The highest BCUT2D eigenvalue weighted by Crippen LogP contribution is 2.52. The molecule has 11 aliphatic heterocycles. The number of hydrogen-bond donors (Lipinski definition) is 7. The molecular formula is C67H79F9I3N7O24. The molecule has 0 unspecified atom stereocenters. The molecule has 0 radical (unpaired) electrons.